The van der Waals surface area contributed by atoms with Crippen LogP contribution in [0.3, 0.4) is 0 Å². The Hall–Kier alpha value is -4.14. The number of aromatic nitrogens is 4. The fraction of sp³-hybridized carbons (Fsp3) is 0.143. The molecular formula is C21H17N5O4. The molecule has 9 heteroatoms. The largest absolute Gasteiger partial charge is 0.454 e. The van der Waals surface area contributed by atoms with Crippen molar-refractivity contribution < 1.29 is 9.47 Å². The average molecular weight is 403 g/mol. The number of fused-ring (bicyclic) bond motifs is 2. The lowest BCUT2D eigenvalue weighted by Crippen LogP contribution is -2.34. The first-order chi connectivity index (χ1) is 14.6. The Morgan fingerprint density at radius 2 is 2.00 bits per heavy atom. The number of hydrogen-bond donors (Lipinski definition) is 2. The van der Waals surface area contributed by atoms with Crippen LogP contribution in [0.15, 0.2) is 58.3 Å². The molecule has 0 bridgehead atoms. The molecule has 9 nitrogen and oxygen atoms in total. The predicted molar refractivity (Wildman–Crippen MR) is 110 cm³/mol. The lowest BCUT2D eigenvalue weighted by molar-refractivity contribution is 0.174. The molecule has 0 unspecified atom stereocenters. The van der Waals surface area contributed by atoms with Gasteiger partial charge in [-0.1, -0.05) is 29.8 Å². The van der Waals surface area contributed by atoms with Gasteiger partial charge in [0.25, 0.3) is 5.56 Å². The molecular weight excluding hydrogens is 386 g/mol. The number of hydrogen-bond acceptors (Lipinski definition) is 7. The highest BCUT2D eigenvalue weighted by molar-refractivity contribution is 5.73. The topological polar surface area (TPSA) is 111 Å². The van der Waals surface area contributed by atoms with Gasteiger partial charge < -0.3 is 14.8 Å². The fourth-order valence-corrected chi connectivity index (χ4v) is 3.35. The maximum absolute atomic E-state index is 12.9. The van der Waals surface area contributed by atoms with E-state index >= 15 is 0 Å². The second-order valence-electron chi connectivity index (χ2n) is 6.91. The fourth-order valence-electron chi connectivity index (χ4n) is 3.35. The summed E-state index contributed by atoms with van der Waals surface area (Å²) in [6.45, 7) is 2.64. The highest BCUT2D eigenvalue weighted by Gasteiger charge is 2.17. The third-order valence-corrected chi connectivity index (χ3v) is 4.80. The summed E-state index contributed by atoms with van der Waals surface area (Å²) in [5, 5.41) is 3.31. The number of benzene rings is 2. The second kappa shape index (κ2) is 7.03. The molecule has 1 aliphatic heterocycles. The Kier molecular flexibility index (Phi) is 4.20. The number of nitrogens with zero attached hydrogens (tertiary/aromatic N) is 3. The van der Waals surface area contributed by atoms with Crippen LogP contribution < -0.4 is 26.0 Å². The van der Waals surface area contributed by atoms with Crippen molar-refractivity contribution in [2.75, 3.05) is 12.1 Å². The quantitative estimate of drug-likeness (QED) is 0.537. The van der Waals surface area contributed by atoms with Crippen LogP contribution >= 0.6 is 0 Å². The molecule has 0 saturated carbocycles. The van der Waals surface area contributed by atoms with Gasteiger partial charge in [-0.05, 0) is 24.6 Å². The zero-order chi connectivity index (χ0) is 20.7. The number of anilines is 1. The lowest BCUT2D eigenvalue weighted by Gasteiger charge is -2.09. The first-order valence-corrected chi connectivity index (χ1v) is 9.30. The van der Waals surface area contributed by atoms with E-state index in [-0.39, 0.29) is 17.8 Å². The molecule has 150 valence electrons. The molecule has 2 aromatic carbocycles. The smallest absolute Gasteiger partial charge is 0.334 e. The summed E-state index contributed by atoms with van der Waals surface area (Å²) >= 11 is 0. The number of ether oxygens (including phenoxy) is 2. The average Bonchev–Trinajstić information content (AvgIpc) is 3.20. The van der Waals surface area contributed by atoms with Crippen molar-refractivity contribution in [3.05, 3.63) is 80.6 Å². The van der Waals surface area contributed by atoms with Crippen LogP contribution in [0.25, 0.3) is 16.7 Å². The minimum absolute atomic E-state index is 0.105. The summed E-state index contributed by atoms with van der Waals surface area (Å²) in [5.41, 5.74) is 1.65. The van der Waals surface area contributed by atoms with Crippen molar-refractivity contribution in [1.29, 1.82) is 0 Å². The van der Waals surface area contributed by atoms with Crippen molar-refractivity contribution in [3.8, 4) is 17.2 Å². The summed E-state index contributed by atoms with van der Waals surface area (Å²) in [6.07, 6.45) is 1.41. The summed E-state index contributed by atoms with van der Waals surface area (Å²) < 4.78 is 11.6. The van der Waals surface area contributed by atoms with Gasteiger partial charge in [0, 0.05) is 18.8 Å². The van der Waals surface area contributed by atoms with Crippen molar-refractivity contribution in [1.82, 2.24) is 19.5 Å². The van der Waals surface area contributed by atoms with Crippen LogP contribution in [-0.4, -0.2) is 26.3 Å². The number of nitrogens with one attached hydrogen (secondary N) is 2. The molecule has 2 N–H and O–H groups in total. The van der Waals surface area contributed by atoms with Crippen molar-refractivity contribution in [3.63, 3.8) is 0 Å². The van der Waals surface area contributed by atoms with Gasteiger partial charge in [0.15, 0.2) is 17.1 Å². The van der Waals surface area contributed by atoms with Gasteiger partial charge in [0.05, 0.1) is 5.69 Å². The second-order valence-corrected chi connectivity index (χ2v) is 6.91. The van der Waals surface area contributed by atoms with E-state index in [4.69, 9.17) is 9.47 Å². The lowest BCUT2D eigenvalue weighted by atomic mass is 10.1. The maximum atomic E-state index is 12.9. The molecule has 0 amide bonds. The molecule has 30 heavy (non-hydrogen) atoms. The number of H-pyrrole nitrogens is 1. The van der Waals surface area contributed by atoms with E-state index in [1.807, 2.05) is 25.1 Å². The predicted octanol–water partition coefficient (Wildman–Crippen LogP) is 2.12. The van der Waals surface area contributed by atoms with E-state index in [9.17, 15) is 9.59 Å². The van der Waals surface area contributed by atoms with Gasteiger partial charge in [-0.3, -0.25) is 9.78 Å². The SMILES string of the molecule is Cc1cccc(CNc2ncc3c(=O)n(-c4ccc5c(c4)OCO5)c(=O)[nH]c3n2)c1. The highest BCUT2D eigenvalue weighted by Crippen LogP contribution is 2.33. The Morgan fingerprint density at radius 3 is 2.87 bits per heavy atom. The molecule has 0 aliphatic carbocycles. The van der Waals surface area contributed by atoms with E-state index in [0.717, 1.165) is 15.7 Å². The Morgan fingerprint density at radius 1 is 1.13 bits per heavy atom. The highest BCUT2D eigenvalue weighted by atomic mass is 16.7. The van der Waals surface area contributed by atoms with Crippen molar-refractivity contribution in [2.45, 2.75) is 13.5 Å². The molecule has 0 atom stereocenters. The van der Waals surface area contributed by atoms with Crippen molar-refractivity contribution >= 4 is 17.0 Å². The Labute approximate surface area is 170 Å². The molecule has 3 heterocycles. The van der Waals surface area contributed by atoms with Crippen molar-refractivity contribution in [2.24, 2.45) is 0 Å². The van der Waals surface area contributed by atoms with E-state index < -0.39 is 11.2 Å². The van der Waals surface area contributed by atoms with Crippen LogP contribution in [0.1, 0.15) is 11.1 Å². The van der Waals surface area contributed by atoms with Crippen LogP contribution in [0, 0.1) is 6.92 Å². The molecule has 2 aromatic heterocycles. The zero-order valence-electron chi connectivity index (χ0n) is 16.0. The van der Waals surface area contributed by atoms with Gasteiger partial charge in [-0.2, -0.15) is 4.98 Å². The summed E-state index contributed by atoms with van der Waals surface area (Å²) in [4.78, 5) is 36.8. The van der Waals surface area contributed by atoms with Gasteiger partial charge in [-0.15, -0.1) is 0 Å². The van der Waals surface area contributed by atoms with Crippen LogP contribution in [-0.2, 0) is 6.54 Å². The molecule has 4 aromatic rings. The molecule has 0 spiro atoms. The molecule has 0 fully saturated rings. The minimum Gasteiger partial charge on any atom is -0.454 e. The summed E-state index contributed by atoms with van der Waals surface area (Å²) in [5.74, 6) is 1.36. The molecule has 1 aliphatic rings. The molecule has 5 rings (SSSR count). The zero-order valence-corrected chi connectivity index (χ0v) is 16.0. The normalized spacial score (nSPS) is 12.3. The minimum atomic E-state index is -0.602. The standard InChI is InChI=1S/C21H17N5O4/c1-12-3-2-4-13(7-12)9-22-20-23-10-15-18(24-20)25-21(28)26(19(15)27)14-5-6-16-17(8-14)30-11-29-16/h2-8,10H,9,11H2,1H3,(H2,22,23,24,25,28). The number of rotatable bonds is 4. The monoisotopic (exact) mass is 403 g/mol. The third kappa shape index (κ3) is 3.16. The van der Waals surface area contributed by atoms with Crippen LogP contribution in [0.2, 0.25) is 0 Å². The van der Waals surface area contributed by atoms with E-state index in [0.29, 0.717) is 29.7 Å². The van der Waals surface area contributed by atoms with Gasteiger partial charge in [0.2, 0.25) is 12.7 Å². The number of aromatic amines is 1. The van der Waals surface area contributed by atoms with Crippen LogP contribution in [0.4, 0.5) is 5.95 Å². The van der Waals surface area contributed by atoms with Gasteiger partial charge in [0.1, 0.15) is 5.39 Å². The first-order valence-electron chi connectivity index (χ1n) is 9.30. The number of aryl methyl sites for hydroxylation is 1. The molecule has 0 radical (unpaired) electrons. The summed E-state index contributed by atoms with van der Waals surface area (Å²) in [7, 11) is 0. The van der Waals surface area contributed by atoms with E-state index in [1.54, 1.807) is 18.2 Å². The Balaban J connectivity index is 1.50. The molecule has 0 saturated heterocycles. The first kappa shape index (κ1) is 17.9. The van der Waals surface area contributed by atoms with Crippen LogP contribution in [0.5, 0.6) is 11.5 Å². The van der Waals surface area contributed by atoms with Gasteiger partial charge >= 0.3 is 5.69 Å². The van der Waals surface area contributed by atoms with Gasteiger partial charge in [-0.25, -0.2) is 14.3 Å². The summed E-state index contributed by atoms with van der Waals surface area (Å²) in [6, 6.07) is 12.9. The maximum Gasteiger partial charge on any atom is 0.334 e. The Bertz CT molecular complexity index is 1390. The van der Waals surface area contributed by atoms with E-state index in [1.165, 1.54) is 6.20 Å². The third-order valence-electron chi connectivity index (χ3n) is 4.80. The van der Waals surface area contributed by atoms with E-state index in [2.05, 4.69) is 26.3 Å².